The first kappa shape index (κ1) is 14.9. The van der Waals surface area contributed by atoms with Crippen LogP contribution in [0.5, 0.6) is 0 Å². The average Bonchev–Trinajstić information content (AvgIpc) is 2.48. The third-order valence-corrected chi connectivity index (χ3v) is 4.55. The standard InChI is InChI=1S/C15H19NO3S/c17-14(12-6-9-20-10-7-12)16-8-5-11-1-3-13(4-2-11)15(18)19/h1-4,12H,5-10H2,(H,16,17)(H,18,19). The second kappa shape index (κ2) is 7.33. The van der Waals surface area contributed by atoms with E-state index < -0.39 is 5.97 Å². The number of amides is 1. The van der Waals surface area contributed by atoms with Gasteiger partial charge in [-0.25, -0.2) is 4.79 Å². The van der Waals surface area contributed by atoms with Gasteiger partial charge in [0.2, 0.25) is 5.91 Å². The molecule has 4 nitrogen and oxygen atoms in total. The highest BCUT2D eigenvalue weighted by atomic mass is 32.2. The molecular formula is C15H19NO3S. The molecule has 1 heterocycles. The van der Waals surface area contributed by atoms with Crippen molar-refractivity contribution in [1.29, 1.82) is 0 Å². The zero-order valence-electron chi connectivity index (χ0n) is 11.3. The lowest BCUT2D eigenvalue weighted by molar-refractivity contribution is -0.125. The minimum Gasteiger partial charge on any atom is -0.478 e. The van der Waals surface area contributed by atoms with E-state index in [4.69, 9.17) is 5.11 Å². The number of hydrogen-bond acceptors (Lipinski definition) is 3. The fourth-order valence-electron chi connectivity index (χ4n) is 2.25. The summed E-state index contributed by atoms with van der Waals surface area (Å²) < 4.78 is 0. The van der Waals surface area contributed by atoms with Gasteiger partial charge in [0.1, 0.15) is 0 Å². The summed E-state index contributed by atoms with van der Waals surface area (Å²) in [6.45, 7) is 0.606. The fraction of sp³-hybridized carbons (Fsp3) is 0.467. The maximum absolute atomic E-state index is 11.9. The molecular weight excluding hydrogens is 274 g/mol. The van der Waals surface area contributed by atoms with Crippen LogP contribution < -0.4 is 5.32 Å². The van der Waals surface area contributed by atoms with Crippen molar-refractivity contribution in [2.24, 2.45) is 5.92 Å². The van der Waals surface area contributed by atoms with Crippen LogP contribution in [0.4, 0.5) is 0 Å². The zero-order valence-corrected chi connectivity index (χ0v) is 12.1. The number of carbonyl (C=O) groups is 2. The van der Waals surface area contributed by atoms with Crippen molar-refractivity contribution in [3.05, 3.63) is 35.4 Å². The molecule has 0 bridgehead atoms. The Kier molecular flexibility index (Phi) is 5.47. The summed E-state index contributed by atoms with van der Waals surface area (Å²) in [5, 5.41) is 11.8. The molecule has 0 unspecified atom stereocenters. The first-order chi connectivity index (χ1) is 9.66. The van der Waals surface area contributed by atoms with Gasteiger partial charge in [0, 0.05) is 12.5 Å². The molecule has 2 N–H and O–H groups in total. The van der Waals surface area contributed by atoms with Crippen LogP contribution in [-0.2, 0) is 11.2 Å². The van der Waals surface area contributed by atoms with Crippen molar-refractivity contribution in [3.8, 4) is 0 Å². The molecule has 108 valence electrons. The summed E-state index contributed by atoms with van der Waals surface area (Å²) >= 11 is 1.91. The van der Waals surface area contributed by atoms with Gasteiger partial charge in [0.05, 0.1) is 5.56 Å². The number of hydrogen-bond donors (Lipinski definition) is 2. The Hall–Kier alpha value is -1.49. The van der Waals surface area contributed by atoms with Gasteiger partial charge in [-0.15, -0.1) is 0 Å². The molecule has 5 heteroatoms. The molecule has 1 aliphatic rings. The van der Waals surface area contributed by atoms with Crippen LogP contribution in [0.2, 0.25) is 0 Å². The van der Waals surface area contributed by atoms with Crippen molar-refractivity contribution in [2.75, 3.05) is 18.1 Å². The summed E-state index contributed by atoms with van der Waals surface area (Å²) in [5.41, 5.74) is 1.33. The van der Waals surface area contributed by atoms with Gasteiger partial charge in [-0.1, -0.05) is 12.1 Å². The van der Waals surface area contributed by atoms with Gasteiger partial charge in [-0.3, -0.25) is 4.79 Å². The summed E-state index contributed by atoms with van der Waals surface area (Å²) in [4.78, 5) is 22.7. The largest absolute Gasteiger partial charge is 0.478 e. The molecule has 1 aromatic rings. The maximum Gasteiger partial charge on any atom is 0.335 e. The third-order valence-electron chi connectivity index (χ3n) is 3.51. The number of rotatable bonds is 5. The topological polar surface area (TPSA) is 66.4 Å². The van der Waals surface area contributed by atoms with Gasteiger partial charge in [-0.05, 0) is 48.5 Å². The summed E-state index contributed by atoms with van der Waals surface area (Å²) in [6.07, 6.45) is 2.68. The van der Waals surface area contributed by atoms with Gasteiger partial charge in [-0.2, -0.15) is 11.8 Å². The third kappa shape index (κ3) is 4.27. The highest BCUT2D eigenvalue weighted by Crippen LogP contribution is 2.22. The van der Waals surface area contributed by atoms with E-state index in [-0.39, 0.29) is 17.4 Å². The predicted octanol–water partition coefficient (Wildman–Crippen LogP) is 2.19. The zero-order chi connectivity index (χ0) is 14.4. The first-order valence-corrected chi connectivity index (χ1v) is 8.00. The first-order valence-electron chi connectivity index (χ1n) is 6.84. The summed E-state index contributed by atoms with van der Waals surface area (Å²) in [7, 11) is 0. The molecule has 2 rings (SSSR count). The lowest BCUT2D eigenvalue weighted by Gasteiger charge is -2.20. The average molecular weight is 293 g/mol. The highest BCUT2D eigenvalue weighted by molar-refractivity contribution is 7.99. The van der Waals surface area contributed by atoms with E-state index in [2.05, 4.69) is 5.32 Å². The Morgan fingerprint density at radius 1 is 1.20 bits per heavy atom. The van der Waals surface area contributed by atoms with Crippen molar-refractivity contribution in [2.45, 2.75) is 19.3 Å². The highest BCUT2D eigenvalue weighted by Gasteiger charge is 2.20. The lowest BCUT2D eigenvalue weighted by atomic mass is 10.0. The number of carboxylic acid groups (broad SMARTS) is 1. The molecule has 1 fully saturated rings. The van der Waals surface area contributed by atoms with Crippen molar-refractivity contribution >= 4 is 23.6 Å². The second-order valence-corrected chi connectivity index (χ2v) is 6.15. The van der Waals surface area contributed by atoms with E-state index in [9.17, 15) is 9.59 Å². The van der Waals surface area contributed by atoms with Gasteiger partial charge in [0.25, 0.3) is 0 Å². The molecule has 0 spiro atoms. The molecule has 1 saturated heterocycles. The van der Waals surface area contributed by atoms with Crippen molar-refractivity contribution < 1.29 is 14.7 Å². The normalized spacial score (nSPS) is 15.8. The number of benzene rings is 1. The van der Waals surface area contributed by atoms with Crippen LogP contribution in [0.3, 0.4) is 0 Å². The van der Waals surface area contributed by atoms with Gasteiger partial charge in [0.15, 0.2) is 0 Å². The van der Waals surface area contributed by atoms with Crippen LogP contribution in [0.15, 0.2) is 24.3 Å². The molecule has 0 saturated carbocycles. The molecule has 20 heavy (non-hydrogen) atoms. The lowest BCUT2D eigenvalue weighted by Crippen LogP contribution is -2.34. The Morgan fingerprint density at radius 3 is 2.45 bits per heavy atom. The summed E-state index contributed by atoms with van der Waals surface area (Å²) in [6, 6.07) is 6.79. The Labute approximate surface area is 123 Å². The van der Waals surface area contributed by atoms with Crippen molar-refractivity contribution in [3.63, 3.8) is 0 Å². The Bertz CT molecular complexity index is 467. The predicted molar refractivity (Wildman–Crippen MR) is 80.2 cm³/mol. The number of aromatic carboxylic acids is 1. The molecule has 0 atom stereocenters. The Morgan fingerprint density at radius 2 is 1.85 bits per heavy atom. The SMILES string of the molecule is O=C(O)c1ccc(CCNC(=O)C2CCSCC2)cc1. The van der Waals surface area contributed by atoms with Crippen LogP contribution in [0, 0.1) is 5.92 Å². The molecule has 0 radical (unpaired) electrons. The van der Waals surface area contributed by atoms with Crippen LogP contribution >= 0.6 is 11.8 Å². The minimum atomic E-state index is -0.917. The Balaban J connectivity index is 1.74. The fourth-order valence-corrected chi connectivity index (χ4v) is 3.35. The van der Waals surface area contributed by atoms with E-state index in [0.717, 1.165) is 36.3 Å². The van der Waals surface area contributed by atoms with Crippen LogP contribution in [-0.4, -0.2) is 35.0 Å². The molecule has 1 amide bonds. The van der Waals surface area contributed by atoms with Gasteiger partial charge < -0.3 is 10.4 Å². The maximum atomic E-state index is 11.9. The molecule has 0 aliphatic carbocycles. The summed E-state index contributed by atoms with van der Waals surface area (Å²) in [5.74, 6) is 1.57. The van der Waals surface area contributed by atoms with E-state index in [1.807, 2.05) is 11.8 Å². The molecule has 0 aromatic heterocycles. The van der Waals surface area contributed by atoms with E-state index in [1.165, 1.54) is 0 Å². The van der Waals surface area contributed by atoms with Crippen LogP contribution in [0.1, 0.15) is 28.8 Å². The number of carboxylic acids is 1. The number of thioether (sulfide) groups is 1. The van der Waals surface area contributed by atoms with Gasteiger partial charge >= 0.3 is 5.97 Å². The monoisotopic (exact) mass is 293 g/mol. The quantitative estimate of drug-likeness (QED) is 0.873. The second-order valence-electron chi connectivity index (χ2n) is 4.93. The molecule has 1 aromatic carbocycles. The molecule has 1 aliphatic heterocycles. The van der Waals surface area contributed by atoms with E-state index >= 15 is 0 Å². The van der Waals surface area contributed by atoms with Crippen molar-refractivity contribution in [1.82, 2.24) is 5.32 Å². The van der Waals surface area contributed by atoms with Crippen LogP contribution in [0.25, 0.3) is 0 Å². The number of nitrogens with one attached hydrogen (secondary N) is 1. The van der Waals surface area contributed by atoms with E-state index in [1.54, 1.807) is 24.3 Å². The van der Waals surface area contributed by atoms with E-state index in [0.29, 0.717) is 6.54 Å². The minimum absolute atomic E-state index is 0.160. The number of carbonyl (C=O) groups excluding carboxylic acids is 1. The smallest absolute Gasteiger partial charge is 0.335 e.